The Morgan fingerprint density at radius 3 is 2.79 bits per heavy atom. The molecule has 2 rings (SSSR count). The van der Waals surface area contributed by atoms with Crippen molar-refractivity contribution in [2.24, 2.45) is 0 Å². The van der Waals surface area contributed by atoms with Crippen molar-refractivity contribution in [1.82, 2.24) is 4.98 Å². The molecule has 78 valence electrons. The molecule has 1 heterocycles. The van der Waals surface area contributed by atoms with Crippen molar-refractivity contribution in [3.05, 3.63) is 29.6 Å². The summed E-state index contributed by atoms with van der Waals surface area (Å²) in [5.74, 6) is 0.338. The Hall–Kier alpha value is -0.740. The SMILES string of the molecule is Br.CO.O=C1CCc2ncccc2C1. The number of aryl methyl sites for hydroxylation is 1. The molecule has 0 aromatic carbocycles. The van der Waals surface area contributed by atoms with E-state index in [1.54, 1.807) is 6.20 Å². The Bertz CT molecular complexity index is 302. The molecule has 1 aliphatic rings. The number of aliphatic hydroxyl groups is 1. The van der Waals surface area contributed by atoms with Gasteiger partial charge in [-0.3, -0.25) is 9.78 Å². The van der Waals surface area contributed by atoms with E-state index in [9.17, 15) is 4.79 Å². The van der Waals surface area contributed by atoms with E-state index in [-0.39, 0.29) is 17.0 Å². The Morgan fingerprint density at radius 2 is 2.07 bits per heavy atom. The highest BCUT2D eigenvalue weighted by Gasteiger charge is 2.14. The highest BCUT2D eigenvalue weighted by Crippen LogP contribution is 2.15. The molecule has 4 heteroatoms. The monoisotopic (exact) mass is 259 g/mol. The van der Waals surface area contributed by atoms with Gasteiger partial charge in [-0.15, -0.1) is 17.0 Å². The summed E-state index contributed by atoms with van der Waals surface area (Å²) >= 11 is 0. The molecule has 0 bridgehead atoms. The van der Waals surface area contributed by atoms with Crippen LogP contribution >= 0.6 is 17.0 Å². The summed E-state index contributed by atoms with van der Waals surface area (Å²) in [7, 11) is 1.00. The number of pyridine rings is 1. The van der Waals surface area contributed by atoms with Gasteiger partial charge in [0.05, 0.1) is 0 Å². The van der Waals surface area contributed by atoms with Crippen LogP contribution in [0.2, 0.25) is 0 Å². The second-order valence-electron chi connectivity index (χ2n) is 2.82. The Kier molecular flexibility index (Phi) is 6.32. The van der Waals surface area contributed by atoms with Gasteiger partial charge in [0, 0.05) is 31.8 Å². The van der Waals surface area contributed by atoms with Gasteiger partial charge in [-0.2, -0.15) is 0 Å². The highest BCUT2D eigenvalue weighted by atomic mass is 79.9. The van der Waals surface area contributed by atoms with E-state index in [1.807, 2.05) is 12.1 Å². The lowest BCUT2D eigenvalue weighted by atomic mass is 9.95. The summed E-state index contributed by atoms with van der Waals surface area (Å²) in [6.07, 6.45) is 3.87. The standard InChI is InChI=1S/C9H9NO.CH4O.BrH/c11-8-3-4-9-7(6-8)2-1-5-10-9;1-2;/h1-2,5H,3-4,6H2;2H,1H3;1H. The van der Waals surface area contributed by atoms with Crippen molar-refractivity contribution in [2.75, 3.05) is 7.11 Å². The zero-order chi connectivity index (χ0) is 9.68. The van der Waals surface area contributed by atoms with Gasteiger partial charge in [0.25, 0.3) is 0 Å². The van der Waals surface area contributed by atoms with Crippen molar-refractivity contribution in [3.63, 3.8) is 0 Å². The number of hydrogen-bond donors (Lipinski definition) is 1. The molecule has 0 saturated heterocycles. The van der Waals surface area contributed by atoms with E-state index in [0.717, 1.165) is 24.8 Å². The number of hydrogen-bond acceptors (Lipinski definition) is 3. The number of carbonyl (C=O) groups excluding carboxylic acids is 1. The number of aromatic nitrogens is 1. The van der Waals surface area contributed by atoms with Gasteiger partial charge in [-0.25, -0.2) is 0 Å². The van der Waals surface area contributed by atoms with Crippen LogP contribution in [0.25, 0.3) is 0 Å². The normalized spacial score (nSPS) is 13.1. The number of ketones is 1. The van der Waals surface area contributed by atoms with E-state index < -0.39 is 0 Å². The largest absolute Gasteiger partial charge is 0.400 e. The van der Waals surface area contributed by atoms with Crippen LogP contribution in [0.15, 0.2) is 18.3 Å². The van der Waals surface area contributed by atoms with E-state index in [2.05, 4.69) is 4.98 Å². The van der Waals surface area contributed by atoms with E-state index in [1.165, 1.54) is 0 Å². The van der Waals surface area contributed by atoms with Crippen molar-refractivity contribution in [1.29, 1.82) is 0 Å². The second kappa shape index (κ2) is 6.68. The third kappa shape index (κ3) is 3.20. The molecule has 0 atom stereocenters. The molecule has 1 N–H and O–H groups in total. The van der Waals surface area contributed by atoms with Gasteiger partial charge in [0.1, 0.15) is 5.78 Å². The van der Waals surface area contributed by atoms with Gasteiger partial charge in [-0.05, 0) is 18.1 Å². The van der Waals surface area contributed by atoms with E-state index >= 15 is 0 Å². The van der Waals surface area contributed by atoms with Crippen LogP contribution in [0.3, 0.4) is 0 Å². The summed E-state index contributed by atoms with van der Waals surface area (Å²) in [6, 6.07) is 3.87. The molecule has 1 aromatic heterocycles. The first kappa shape index (κ1) is 13.3. The number of aliphatic hydroxyl groups excluding tert-OH is 1. The predicted octanol–water partition coefficient (Wildman–Crippen LogP) is 1.33. The van der Waals surface area contributed by atoms with Crippen LogP contribution in [0.1, 0.15) is 17.7 Å². The summed E-state index contributed by atoms with van der Waals surface area (Å²) in [4.78, 5) is 15.2. The van der Waals surface area contributed by atoms with Gasteiger partial charge < -0.3 is 5.11 Å². The molecule has 0 spiro atoms. The minimum atomic E-state index is 0. The van der Waals surface area contributed by atoms with Crippen molar-refractivity contribution < 1.29 is 9.90 Å². The summed E-state index contributed by atoms with van der Waals surface area (Å²) < 4.78 is 0. The number of carbonyl (C=O) groups is 1. The Balaban J connectivity index is 0.000000531. The van der Waals surface area contributed by atoms with Crippen LogP contribution in [0.4, 0.5) is 0 Å². The first-order chi connectivity index (χ1) is 6.36. The highest BCUT2D eigenvalue weighted by molar-refractivity contribution is 8.93. The zero-order valence-electron chi connectivity index (χ0n) is 8.06. The Labute approximate surface area is 93.9 Å². The molecule has 0 amide bonds. The molecule has 3 nitrogen and oxygen atoms in total. The van der Waals surface area contributed by atoms with Crippen molar-refractivity contribution >= 4 is 22.8 Å². The molecule has 0 radical (unpaired) electrons. The predicted molar refractivity (Wildman–Crippen MR) is 59.7 cm³/mol. The topological polar surface area (TPSA) is 50.2 Å². The molecule has 1 aliphatic carbocycles. The second-order valence-corrected chi connectivity index (χ2v) is 2.82. The van der Waals surface area contributed by atoms with Gasteiger partial charge >= 0.3 is 0 Å². The minimum Gasteiger partial charge on any atom is -0.400 e. The number of rotatable bonds is 0. The molecule has 0 saturated carbocycles. The summed E-state index contributed by atoms with van der Waals surface area (Å²) in [5, 5.41) is 7.00. The number of Topliss-reactive ketones (excluding diaryl/α,β-unsaturated/α-hetero) is 1. The summed E-state index contributed by atoms with van der Waals surface area (Å²) in [6.45, 7) is 0. The van der Waals surface area contributed by atoms with Gasteiger partial charge in [0.15, 0.2) is 0 Å². The number of nitrogens with zero attached hydrogens (tertiary/aromatic N) is 1. The van der Waals surface area contributed by atoms with Crippen molar-refractivity contribution in [2.45, 2.75) is 19.3 Å². The van der Waals surface area contributed by atoms with Crippen LogP contribution in [0, 0.1) is 0 Å². The molecule has 0 fully saturated rings. The van der Waals surface area contributed by atoms with Gasteiger partial charge in [-0.1, -0.05) is 6.07 Å². The lowest BCUT2D eigenvalue weighted by molar-refractivity contribution is -0.118. The maximum atomic E-state index is 11.0. The number of halogens is 1. The maximum absolute atomic E-state index is 11.0. The van der Waals surface area contributed by atoms with Gasteiger partial charge in [0.2, 0.25) is 0 Å². The number of fused-ring (bicyclic) bond motifs is 1. The van der Waals surface area contributed by atoms with Crippen LogP contribution < -0.4 is 0 Å². The van der Waals surface area contributed by atoms with E-state index in [4.69, 9.17) is 5.11 Å². The van der Waals surface area contributed by atoms with Crippen LogP contribution in [-0.4, -0.2) is 23.0 Å². The Morgan fingerprint density at radius 1 is 1.36 bits per heavy atom. The quantitative estimate of drug-likeness (QED) is 0.765. The third-order valence-corrected chi connectivity index (χ3v) is 2.01. The average Bonchev–Trinajstić information content (AvgIpc) is 2.21. The van der Waals surface area contributed by atoms with Crippen LogP contribution in [0.5, 0.6) is 0 Å². The zero-order valence-corrected chi connectivity index (χ0v) is 9.78. The fourth-order valence-corrected chi connectivity index (χ4v) is 1.42. The molecular formula is C10H14BrNO2. The molecule has 1 aromatic rings. The summed E-state index contributed by atoms with van der Waals surface area (Å²) in [5.41, 5.74) is 2.22. The fourth-order valence-electron chi connectivity index (χ4n) is 1.42. The average molecular weight is 260 g/mol. The first-order valence-electron chi connectivity index (χ1n) is 4.25. The molecule has 0 aliphatic heterocycles. The minimum absolute atomic E-state index is 0. The van der Waals surface area contributed by atoms with Crippen LogP contribution in [-0.2, 0) is 17.6 Å². The first-order valence-corrected chi connectivity index (χ1v) is 4.25. The molecular weight excluding hydrogens is 246 g/mol. The molecule has 14 heavy (non-hydrogen) atoms. The fraction of sp³-hybridized carbons (Fsp3) is 0.400. The third-order valence-electron chi connectivity index (χ3n) is 2.01. The maximum Gasteiger partial charge on any atom is 0.137 e. The molecule has 0 unspecified atom stereocenters. The van der Waals surface area contributed by atoms with Crippen molar-refractivity contribution in [3.8, 4) is 0 Å². The lowest BCUT2D eigenvalue weighted by Crippen LogP contribution is -2.13. The lowest BCUT2D eigenvalue weighted by Gasteiger charge is -2.11. The smallest absolute Gasteiger partial charge is 0.137 e. The van der Waals surface area contributed by atoms with E-state index in [0.29, 0.717) is 18.6 Å².